The molecule has 2 saturated heterocycles. The zero-order valence-electron chi connectivity index (χ0n) is 11.7. The summed E-state index contributed by atoms with van der Waals surface area (Å²) in [4.78, 5) is 12.7. The first kappa shape index (κ1) is 13.3. The summed E-state index contributed by atoms with van der Waals surface area (Å²) in [5, 5.41) is 3.93. The molecule has 2 fully saturated rings. The van der Waals surface area contributed by atoms with Gasteiger partial charge in [-0.3, -0.25) is 9.80 Å². The van der Waals surface area contributed by atoms with E-state index in [1.54, 1.807) is 12.1 Å². The van der Waals surface area contributed by atoms with Crippen LogP contribution in [0.1, 0.15) is 31.4 Å². The van der Waals surface area contributed by atoms with Crippen molar-refractivity contribution in [3.05, 3.63) is 48.3 Å². The van der Waals surface area contributed by atoms with Crippen LogP contribution in [0.4, 0.5) is 4.39 Å². The Balaban J connectivity index is 1.90. The molecular formula is C16H19FN2O. The largest absolute Gasteiger partial charge is 0.273 e. The Bertz CT molecular complexity index is 559. The summed E-state index contributed by atoms with van der Waals surface area (Å²) in [7, 11) is 0. The predicted octanol–water partition coefficient (Wildman–Crippen LogP) is 2.91. The van der Waals surface area contributed by atoms with Crippen molar-refractivity contribution in [1.82, 2.24) is 10.0 Å². The van der Waals surface area contributed by atoms with Gasteiger partial charge >= 0.3 is 0 Å². The van der Waals surface area contributed by atoms with Crippen LogP contribution in [-0.2, 0) is 4.79 Å². The summed E-state index contributed by atoms with van der Waals surface area (Å²) in [6.07, 6.45) is 3.34. The van der Waals surface area contributed by atoms with Crippen LogP contribution in [0.3, 0.4) is 0 Å². The maximum absolute atomic E-state index is 13.4. The Morgan fingerprint density at radius 2 is 2.35 bits per heavy atom. The number of hydrazine groups is 1. The molecule has 0 radical (unpaired) electrons. The standard InChI is InChI=1S/C16H19FN2O/c1-3-8-16(2)11-18-9-7-14(19(18)15(16)20)12-5-4-6-13(17)10-12/h3-6,10,14H,1,7-9,11H2,2H3/t14-,16-/m0/s1. The van der Waals surface area contributed by atoms with Gasteiger partial charge in [0.2, 0.25) is 5.91 Å². The van der Waals surface area contributed by atoms with Gasteiger partial charge < -0.3 is 0 Å². The molecule has 2 heterocycles. The lowest BCUT2D eigenvalue weighted by Crippen LogP contribution is -2.36. The molecule has 1 amide bonds. The Hall–Kier alpha value is -1.68. The number of halogens is 1. The van der Waals surface area contributed by atoms with Gasteiger partial charge in [-0.15, -0.1) is 6.58 Å². The minimum atomic E-state index is -0.395. The van der Waals surface area contributed by atoms with Crippen molar-refractivity contribution in [3.8, 4) is 0 Å². The first-order chi connectivity index (χ1) is 9.55. The summed E-state index contributed by atoms with van der Waals surface area (Å²) < 4.78 is 13.4. The SMILES string of the molecule is C=CC[C@@]1(C)CN2CC[C@@H](c3cccc(F)c3)N2C1=O. The van der Waals surface area contributed by atoms with Crippen LogP contribution in [0.15, 0.2) is 36.9 Å². The fraction of sp³-hybridized carbons (Fsp3) is 0.438. The van der Waals surface area contributed by atoms with Gasteiger partial charge in [0.25, 0.3) is 0 Å². The summed E-state index contributed by atoms with van der Waals surface area (Å²) in [6, 6.07) is 6.53. The van der Waals surface area contributed by atoms with Crippen LogP contribution in [0.2, 0.25) is 0 Å². The second-order valence-electron chi connectivity index (χ2n) is 5.95. The van der Waals surface area contributed by atoms with Crippen LogP contribution in [0, 0.1) is 11.2 Å². The number of hydrogen-bond donors (Lipinski definition) is 0. The Morgan fingerprint density at radius 3 is 3.05 bits per heavy atom. The fourth-order valence-electron chi connectivity index (χ4n) is 3.36. The number of carbonyl (C=O) groups excluding carboxylic acids is 1. The predicted molar refractivity (Wildman–Crippen MR) is 75.1 cm³/mol. The molecule has 0 saturated carbocycles. The molecule has 0 aliphatic carbocycles. The molecule has 3 rings (SSSR count). The van der Waals surface area contributed by atoms with E-state index in [-0.39, 0.29) is 17.8 Å². The van der Waals surface area contributed by atoms with Gasteiger partial charge in [-0.25, -0.2) is 9.40 Å². The number of carbonyl (C=O) groups is 1. The number of amides is 1. The molecule has 0 bridgehead atoms. The van der Waals surface area contributed by atoms with E-state index < -0.39 is 5.41 Å². The van der Waals surface area contributed by atoms with Gasteiger partial charge in [-0.05, 0) is 37.5 Å². The lowest BCUT2D eigenvalue weighted by atomic mass is 9.86. The highest BCUT2D eigenvalue weighted by molar-refractivity contribution is 5.85. The summed E-state index contributed by atoms with van der Waals surface area (Å²) in [5.41, 5.74) is 0.483. The van der Waals surface area contributed by atoms with Crippen molar-refractivity contribution < 1.29 is 9.18 Å². The molecule has 1 aromatic rings. The minimum Gasteiger partial charge on any atom is -0.273 e. The first-order valence-electron chi connectivity index (χ1n) is 7.00. The molecule has 4 heteroatoms. The highest BCUT2D eigenvalue weighted by Crippen LogP contribution is 2.43. The second-order valence-corrected chi connectivity index (χ2v) is 5.95. The number of rotatable bonds is 3. The van der Waals surface area contributed by atoms with Crippen LogP contribution in [-0.4, -0.2) is 29.0 Å². The van der Waals surface area contributed by atoms with Crippen molar-refractivity contribution in [2.75, 3.05) is 13.1 Å². The molecule has 0 unspecified atom stereocenters. The number of benzene rings is 1. The molecule has 3 nitrogen and oxygen atoms in total. The van der Waals surface area contributed by atoms with Crippen molar-refractivity contribution >= 4 is 5.91 Å². The average molecular weight is 274 g/mol. The van der Waals surface area contributed by atoms with E-state index in [1.165, 1.54) is 12.1 Å². The number of nitrogens with zero attached hydrogens (tertiary/aromatic N) is 2. The minimum absolute atomic E-state index is 0.0372. The molecule has 20 heavy (non-hydrogen) atoms. The van der Waals surface area contributed by atoms with Gasteiger partial charge in [-0.2, -0.15) is 0 Å². The monoisotopic (exact) mass is 274 g/mol. The quantitative estimate of drug-likeness (QED) is 0.791. The molecule has 2 aliphatic heterocycles. The zero-order chi connectivity index (χ0) is 14.3. The second kappa shape index (κ2) is 4.70. The van der Waals surface area contributed by atoms with Gasteiger partial charge in [0.1, 0.15) is 5.82 Å². The van der Waals surface area contributed by atoms with Crippen LogP contribution >= 0.6 is 0 Å². The summed E-state index contributed by atoms with van der Waals surface area (Å²) >= 11 is 0. The van der Waals surface area contributed by atoms with Gasteiger partial charge in [-0.1, -0.05) is 18.2 Å². The van der Waals surface area contributed by atoms with E-state index >= 15 is 0 Å². The topological polar surface area (TPSA) is 23.6 Å². The summed E-state index contributed by atoms with van der Waals surface area (Å²) in [6.45, 7) is 7.30. The van der Waals surface area contributed by atoms with Gasteiger partial charge in [0, 0.05) is 13.1 Å². The van der Waals surface area contributed by atoms with Gasteiger partial charge in [0.15, 0.2) is 0 Å². The van der Waals surface area contributed by atoms with E-state index in [4.69, 9.17) is 0 Å². The Morgan fingerprint density at radius 1 is 1.55 bits per heavy atom. The normalized spacial score (nSPS) is 29.8. The number of allylic oxidation sites excluding steroid dienone is 1. The van der Waals surface area contributed by atoms with Crippen molar-refractivity contribution in [2.24, 2.45) is 5.41 Å². The maximum atomic E-state index is 13.4. The Labute approximate surface area is 118 Å². The molecule has 2 aliphatic rings. The molecule has 2 atom stereocenters. The van der Waals surface area contributed by atoms with Gasteiger partial charge in [0.05, 0.1) is 11.5 Å². The molecule has 0 N–H and O–H groups in total. The molecular weight excluding hydrogens is 255 g/mol. The lowest BCUT2D eigenvalue weighted by molar-refractivity contribution is -0.142. The van der Waals surface area contributed by atoms with E-state index in [1.807, 2.05) is 18.0 Å². The first-order valence-corrected chi connectivity index (χ1v) is 7.00. The molecule has 1 aromatic carbocycles. The smallest absolute Gasteiger partial charge is 0.245 e. The third kappa shape index (κ3) is 1.95. The van der Waals surface area contributed by atoms with Crippen LogP contribution < -0.4 is 0 Å². The maximum Gasteiger partial charge on any atom is 0.245 e. The van der Waals surface area contributed by atoms with E-state index in [9.17, 15) is 9.18 Å². The molecule has 0 spiro atoms. The van der Waals surface area contributed by atoms with Crippen molar-refractivity contribution in [1.29, 1.82) is 0 Å². The third-order valence-electron chi connectivity index (χ3n) is 4.34. The molecule has 106 valence electrons. The van der Waals surface area contributed by atoms with Crippen molar-refractivity contribution in [2.45, 2.75) is 25.8 Å². The molecule has 0 aromatic heterocycles. The number of hydrogen-bond acceptors (Lipinski definition) is 2. The van der Waals surface area contributed by atoms with Crippen LogP contribution in [0.25, 0.3) is 0 Å². The van der Waals surface area contributed by atoms with Crippen molar-refractivity contribution in [3.63, 3.8) is 0 Å². The Kier molecular flexibility index (Phi) is 3.13. The van der Waals surface area contributed by atoms with E-state index in [2.05, 4.69) is 11.6 Å². The average Bonchev–Trinajstić information content (AvgIpc) is 2.90. The zero-order valence-corrected chi connectivity index (χ0v) is 11.7. The summed E-state index contributed by atoms with van der Waals surface area (Å²) in [5.74, 6) is -0.120. The fourth-order valence-corrected chi connectivity index (χ4v) is 3.36. The number of fused-ring (bicyclic) bond motifs is 1. The highest BCUT2D eigenvalue weighted by Gasteiger charge is 2.52. The highest BCUT2D eigenvalue weighted by atomic mass is 19.1. The van der Waals surface area contributed by atoms with E-state index in [0.29, 0.717) is 6.42 Å². The van der Waals surface area contributed by atoms with Crippen LogP contribution in [0.5, 0.6) is 0 Å². The lowest BCUT2D eigenvalue weighted by Gasteiger charge is -2.26. The van der Waals surface area contributed by atoms with E-state index in [0.717, 1.165) is 25.1 Å². The third-order valence-corrected chi connectivity index (χ3v) is 4.34.